The molecule has 0 bridgehead atoms. The van der Waals surface area contributed by atoms with Crippen molar-refractivity contribution in [3.63, 3.8) is 0 Å². The molecule has 17 heavy (non-hydrogen) atoms. The van der Waals surface area contributed by atoms with E-state index >= 15 is 0 Å². The van der Waals surface area contributed by atoms with Crippen molar-refractivity contribution in [3.05, 3.63) is 24.1 Å². The molecule has 0 aliphatic carbocycles. The molecule has 0 atom stereocenters. The Kier molecular flexibility index (Phi) is 4.31. The van der Waals surface area contributed by atoms with Crippen LogP contribution in [0.1, 0.15) is 19.8 Å². The molecule has 1 aliphatic rings. The summed E-state index contributed by atoms with van der Waals surface area (Å²) in [4.78, 5) is 6.38. The Morgan fingerprint density at radius 3 is 2.76 bits per heavy atom. The van der Waals surface area contributed by atoms with Crippen LogP contribution in [0.15, 0.2) is 18.3 Å². The van der Waals surface area contributed by atoms with Gasteiger partial charge in [-0.3, -0.25) is 0 Å². The molecule has 2 heterocycles. The van der Waals surface area contributed by atoms with Crippen LogP contribution in [0.25, 0.3) is 0 Å². The van der Waals surface area contributed by atoms with Crippen LogP contribution in [0.3, 0.4) is 0 Å². The standard InChI is InChI=1S/C13H20FN3/c1-2-17(10-11-5-7-15-8-6-11)13-4-3-12(14)9-16-13/h3-4,9,11,15H,2,5-8,10H2,1H3. The first-order chi connectivity index (χ1) is 8.29. The van der Waals surface area contributed by atoms with Crippen molar-refractivity contribution in [2.75, 3.05) is 31.1 Å². The molecule has 2 rings (SSSR count). The molecule has 1 aromatic heterocycles. The van der Waals surface area contributed by atoms with Crippen LogP contribution < -0.4 is 10.2 Å². The first-order valence-electron chi connectivity index (χ1n) is 6.37. The molecule has 1 aliphatic heterocycles. The van der Waals surface area contributed by atoms with Crippen LogP contribution in [0, 0.1) is 11.7 Å². The summed E-state index contributed by atoms with van der Waals surface area (Å²) in [6, 6.07) is 3.24. The summed E-state index contributed by atoms with van der Waals surface area (Å²) in [5.74, 6) is 1.34. The molecule has 94 valence electrons. The highest BCUT2D eigenvalue weighted by Crippen LogP contribution is 2.17. The summed E-state index contributed by atoms with van der Waals surface area (Å²) in [5, 5.41) is 3.37. The molecule has 0 unspecified atom stereocenters. The summed E-state index contributed by atoms with van der Waals surface area (Å²) in [6.07, 6.45) is 3.73. The SMILES string of the molecule is CCN(CC1CCNCC1)c1ccc(F)cn1. The summed E-state index contributed by atoms with van der Waals surface area (Å²) in [6.45, 7) is 6.28. The summed E-state index contributed by atoms with van der Waals surface area (Å²) < 4.78 is 12.8. The van der Waals surface area contributed by atoms with E-state index in [0.29, 0.717) is 0 Å². The van der Waals surface area contributed by atoms with Gasteiger partial charge in [-0.15, -0.1) is 0 Å². The average molecular weight is 237 g/mol. The van der Waals surface area contributed by atoms with E-state index in [-0.39, 0.29) is 5.82 Å². The van der Waals surface area contributed by atoms with E-state index < -0.39 is 0 Å². The van der Waals surface area contributed by atoms with E-state index in [9.17, 15) is 4.39 Å². The van der Waals surface area contributed by atoms with E-state index in [1.165, 1.54) is 25.1 Å². The second kappa shape index (κ2) is 5.96. The highest BCUT2D eigenvalue weighted by atomic mass is 19.1. The Morgan fingerprint density at radius 2 is 2.18 bits per heavy atom. The fourth-order valence-corrected chi connectivity index (χ4v) is 2.32. The zero-order chi connectivity index (χ0) is 12.1. The number of pyridine rings is 1. The van der Waals surface area contributed by atoms with Gasteiger partial charge in [-0.25, -0.2) is 9.37 Å². The second-order valence-electron chi connectivity index (χ2n) is 4.57. The Labute approximate surface area is 102 Å². The zero-order valence-corrected chi connectivity index (χ0v) is 10.3. The highest BCUT2D eigenvalue weighted by molar-refractivity contribution is 5.37. The third kappa shape index (κ3) is 3.40. The van der Waals surface area contributed by atoms with Gasteiger partial charge in [0.2, 0.25) is 0 Å². The Morgan fingerprint density at radius 1 is 1.41 bits per heavy atom. The first kappa shape index (κ1) is 12.3. The Balaban J connectivity index is 1.97. The minimum absolute atomic E-state index is 0.272. The second-order valence-corrected chi connectivity index (χ2v) is 4.57. The summed E-state index contributed by atoms with van der Waals surface area (Å²) >= 11 is 0. The van der Waals surface area contributed by atoms with Crippen LogP contribution in [0.4, 0.5) is 10.2 Å². The van der Waals surface area contributed by atoms with Gasteiger partial charge in [0.15, 0.2) is 0 Å². The van der Waals surface area contributed by atoms with Gasteiger partial charge in [-0.2, -0.15) is 0 Å². The number of nitrogens with one attached hydrogen (secondary N) is 1. The summed E-state index contributed by atoms with van der Waals surface area (Å²) in [7, 11) is 0. The van der Waals surface area contributed by atoms with E-state index in [2.05, 4.69) is 22.1 Å². The third-order valence-corrected chi connectivity index (χ3v) is 3.35. The summed E-state index contributed by atoms with van der Waals surface area (Å²) in [5.41, 5.74) is 0. The highest BCUT2D eigenvalue weighted by Gasteiger charge is 2.17. The largest absolute Gasteiger partial charge is 0.357 e. The van der Waals surface area contributed by atoms with Crippen molar-refractivity contribution in [3.8, 4) is 0 Å². The van der Waals surface area contributed by atoms with E-state index in [0.717, 1.165) is 37.9 Å². The van der Waals surface area contributed by atoms with Crippen molar-refractivity contribution in [2.45, 2.75) is 19.8 Å². The van der Waals surface area contributed by atoms with Crippen molar-refractivity contribution >= 4 is 5.82 Å². The number of hydrogen-bond acceptors (Lipinski definition) is 3. The van der Waals surface area contributed by atoms with Crippen LogP contribution in [0.2, 0.25) is 0 Å². The number of piperidine rings is 1. The van der Waals surface area contributed by atoms with Gasteiger partial charge in [0, 0.05) is 13.1 Å². The average Bonchev–Trinajstić information content (AvgIpc) is 2.38. The smallest absolute Gasteiger partial charge is 0.141 e. The molecule has 0 amide bonds. The van der Waals surface area contributed by atoms with Gasteiger partial charge < -0.3 is 10.2 Å². The molecule has 1 aromatic rings. The van der Waals surface area contributed by atoms with Crippen LogP contribution >= 0.6 is 0 Å². The first-order valence-corrected chi connectivity index (χ1v) is 6.37. The molecule has 0 radical (unpaired) electrons. The molecule has 4 heteroatoms. The fraction of sp³-hybridized carbons (Fsp3) is 0.615. The quantitative estimate of drug-likeness (QED) is 0.868. The topological polar surface area (TPSA) is 28.2 Å². The predicted octanol–water partition coefficient (Wildman–Crippen LogP) is 2.05. The molecular formula is C13H20FN3. The van der Waals surface area contributed by atoms with E-state index in [4.69, 9.17) is 0 Å². The number of nitrogens with zero attached hydrogens (tertiary/aromatic N) is 2. The molecule has 0 saturated carbocycles. The lowest BCUT2D eigenvalue weighted by Crippen LogP contribution is -2.36. The monoisotopic (exact) mass is 237 g/mol. The number of hydrogen-bond donors (Lipinski definition) is 1. The predicted molar refractivity (Wildman–Crippen MR) is 67.7 cm³/mol. The lowest BCUT2D eigenvalue weighted by atomic mass is 9.97. The minimum Gasteiger partial charge on any atom is -0.357 e. The van der Waals surface area contributed by atoms with Crippen LogP contribution in [-0.4, -0.2) is 31.2 Å². The van der Waals surface area contributed by atoms with Crippen molar-refractivity contribution in [1.82, 2.24) is 10.3 Å². The number of anilines is 1. The van der Waals surface area contributed by atoms with Gasteiger partial charge >= 0.3 is 0 Å². The lowest BCUT2D eigenvalue weighted by Gasteiger charge is -2.30. The molecule has 1 saturated heterocycles. The molecule has 0 spiro atoms. The molecular weight excluding hydrogens is 217 g/mol. The number of aromatic nitrogens is 1. The normalized spacial score (nSPS) is 17.1. The molecule has 1 N–H and O–H groups in total. The number of halogens is 1. The third-order valence-electron chi connectivity index (χ3n) is 3.35. The van der Waals surface area contributed by atoms with Gasteiger partial charge in [0.1, 0.15) is 11.6 Å². The lowest BCUT2D eigenvalue weighted by molar-refractivity contribution is 0.374. The van der Waals surface area contributed by atoms with Crippen LogP contribution in [-0.2, 0) is 0 Å². The van der Waals surface area contributed by atoms with Crippen molar-refractivity contribution < 1.29 is 4.39 Å². The molecule has 1 fully saturated rings. The van der Waals surface area contributed by atoms with Gasteiger partial charge in [-0.05, 0) is 50.9 Å². The Hall–Kier alpha value is -1.16. The van der Waals surface area contributed by atoms with Crippen LogP contribution in [0.5, 0.6) is 0 Å². The van der Waals surface area contributed by atoms with Crippen molar-refractivity contribution in [2.24, 2.45) is 5.92 Å². The van der Waals surface area contributed by atoms with E-state index in [1.54, 1.807) is 6.07 Å². The number of rotatable bonds is 4. The van der Waals surface area contributed by atoms with Gasteiger partial charge in [-0.1, -0.05) is 0 Å². The van der Waals surface area contributed by atoms with Crippen molar-refractivity contribution in [1.29, 1.82) is 0 Å². The maximum atomic E-state index is 12.8. The van der Waals surface area contributed by atoms with Gasteiger partial charge in [0.25, 0.3) is 0 Å². The van der Waals surface area contributed by atoms with Gasteiger partial charge in [0.05, 0.1) is 6.20 Å². The van der Waals surface area contributed by atoms with E-state index in [1.807, 2.05) is 0 Å². The molecule has 0 aromatic carbocycles. The molecule has 3 nitrogen and oxygen atoms in total. The zero-order valence-electron chi connectivity index (χ0n) is 10.3. The fourth-order valence-electron chi connectivity index (χ4n) is 2.32. The maximum absolute atomic E-state index is 12.8. The maximum Gasteiger partial charge on any atom is 0.141 e. The Bertz CT molecular complexity index is 333. The minimum atomic E-state index is -0.272.